The van der Waals surface area contributed by atoms with Gasteiger partial charge in [0.25, 0.3) is 0 Å². The second kappa shape index (κ2) is 8.21. The Morgan fingerprint density at radius 2 is 1.33 bits per heavy atom. The summed E-state index contributed by atoms with van der Waals surface area (Å²) in [7, 11) is 0. The molecule has 0 aromatic heterocycles. The Morgan fingerprint density at radius 3 is 1.44 bits per heavy atom. The molecule has 0 spiro atoms. The highest BCUT2D eigenvalue weighted by Gasteiger charge is 1.94. The van der Waals surface area contributed by atoms with Gasteiger partial charge in [0.15, 0.2) is 0 Å². The molecule has 3 heteroatoms. The Bertz CT molecular complexity index is 34.8. The van der Waals surface area contributed by atoms with Gasteiger partial charge in [-0.25, -0.2) is 0 Å². The second-order valence-electron chi connectivity index (χ2n) is 1.49. The van der Waals surface area contributed by atoms with Crippen molar-refractivity contribution in [1.82, 2.24) is 0 Å². The van der Waals surface area contributed by atoms with Crippen LogP contribution in [0.25, 0.3) is 0 Å². The smallest absolute Gasteiger partial charge is 0.0701 e. The minimum atomic E-state index is 0.722. The van der Waals surface area contributed by atoms with Crippen LogP contribution < -0.4 is 0 Å². The lowest BCUT2D eigenvalue weighted by atomic mass is 10.6. The first-order chi connectivity index (χ1) is 4.41. The van der Waals surface area contributed by atoms with Crippen LogP contribution in [0, 0.1) is 0 Å². The van der Waals surface area contributed by atoms with Gasteiger partial charge in [0.05, 0.1) is 26.4 Å². The number of rotatable bonds is 0. The minimum Gasteiger partial charge on any atom is -0.377 e. The predicted octanol–water partition coefficient (Wildman–Crippen LogP) is 1.28. The van der Waals surface area contributed by atoms with Gasteiger partial charge in [-0.05, 0) is 0 Å². The zero-order chi connectivity index (χ0) is 6.95. The molecule has 0 bridgehead atoms. The highest BCUT2D eigenvalue weighted by molar-refractivity contribution is 6.17. The van der Waals surface area contributed by atoms with Crippen molar-refractivity contribution in [2.45, 2.75) is 6.92 Å². The molecule has 1 fully saturated rings. The predicted molar refractivity (Wildman–Crippen MR) is 38.0 cm³/mol. The zero-order valence-corrected chi connectivity index (χ0v) is 6.49. The Balaban J connectivity index is 0.000000187. The molecule has 56 valence electrons. The fraction of sp³-hybridized carbons (Fsp3) is 1.00. The molecule has 0 atom stereocenters. The van der Waals surface area contributed by atoms with Crippen LogP contribution >= 0.6 is 11.6 Å². The van der Waals surface area contributed by atoms with Crippen LogP contribution in [-0.2, 0) is 9.47 Å². The van der Waals surface area contributed by atoms with Crippen molar-refractivity contribution >= 4 is 11.6 Å². The molecule has 0 aromatic carbocycles. The fourth-order valence-electron chi connectivity index (χ4n) is 0.440. The van der Waals surface area contributed by atoms with Gasteiger partial charge in [-0.1, -0.05) is 6.92 Å². The fourth-order valence-corrected chi connectivity index (χ4v) is 0.440. The number of hydrogen-bond acceptors (Lipinski definition) is 2. The Kier molecular flexibility index (Phi) is 8.40. The van der Waals surface area contributed by atoms with Crippen LogP contribution in [0.1, 0.15) is 6.92 Å². The largest absolute Gasteiger partial charge is 0.377 e. The van der Waals surface area contributed by atoms with E-state index in [2.05, 4.69) is 0 Å². The van der Waals surface area contributed by atoms with E-state index in [1.165, 1.54) is 0 Å². The van der Waals surface area contributed by atoms with Gasteiger partial charge in [0, 0.05) is 5.88 Å². The van der Waals surface area contributed by atoms with Gasteiger partial charge in [-0.3, -0.25) is 0 Å². The zero-order valence-electron chi connectivity index (χ0n) is 5.73. The Morgan fingerprint density at radius 1 is 1.11 bits per heavy atom. The van der Waals surface area contributed by atoms with Crippen molar-refractivity contribution in [3.8, 4) is 0 Å². The lowest BCUT2D eigenvalue weighted by Gasteiger charge is -2.09. The van der Waals surface area contributed by atoms with E-state index in [0.29, 0.717) is 0 Å². The van der Waals surface area contributed by atoms with Crippen LogP contribution in [0.5, 0.6) is 0 Å². The van der Waals surface area contributed by atoms with Crippen LogP contribution in [0.15, 0.2) is 0 Å². The third-order valence-electron chi connectivity index (χ3n) is 0.744. The van der Waals surface area contributed by atoms with Gasteiger partial charge in [0.1, 0.15) is 0 Å². The summed E-state index contributed by atoms with van der Waals surface area (Å²) in [6.45, 7) is 5.00. The number of halogens is 1. The topological polar surface area (TPSA) is 18.5 Å². The first kappa shape index (κ1) is 9.21. The average molecular weight is 153 g/mol. The van der Waals surface area contributed by atoms with E-state index < -0.39 is 0 Å². The molecule has 0 unspecified atom stereocenters. The van der Waals surface area contributed by atoms with Crippen LogP contribution in [0.4, 0.5) is 0 Å². The maximum absolute atomic E-state index is 5.00. The number of alkyl halides is 1. The molecule has 0 amide bonds. The van der Waals surface area contributed by atoms with Gasteiger partial charge < -0.3 is 9.47 Å². The lowest BCUT2D eigenvalue weighted by Crippen LogP contribution is -2.16. The number of ether oxygens (including phenoxy) is 2. The van der Waals surface area contributed by atoms with Crippen molar-refractivity contribution in [2.75, 3.05) is 32.3 Å². The normalized spacial score (nSPS) is 18.0. The minimum absolute atomic E-state index is 0.722. The van der Waals surface area contributed by atoms with E-state index in [4.69, 9.17) is 21.1 Å². The van der Waals surface area contributed by atoms with Crippen LogP contribution in [0.2, 0.25) is 0 Å². The van der Waals surface area contributed by atoms with Crippen LogP contribution in [-0.4, -0.2) is 32.3 Å². The van der Waals surface area contributed by atoms with E-state index in [-0.39, 0.29) is 0 Å². The summed E-state index contributed by atoms with van der Waals surface area (Å²) >= 11 is 5.00. The molecule has 1 saturated heterocycles. The third-order valence-corrected chi connectivity index (χ3v) is 0.744. The second-order valence-corrected chi connectivity index (χ2v) is 2.03. The summed E-state index contributed by atoms with van der Waals surface area (Å²) in [4.78, 5) is 0. The summed E-state index contributed by atoms with van der Waals surface area (Å²) in [5.74, 6) is 0.722. The molecule has 9 heavy (non-hydrogen) atoms. The van der Waals surface area contributed by atoms with E-state index >= 15 is 0 Å². The molecule has 0 N–H and O–H groups in total. The maximum atomic E-state index is 5.00. The summed E-state index contributed by atoms with van der Waals surface area (Å²) in [5.41, 5.74) is 0. The molecule has 0 radical (unpaired) electrons. The van der Waals surface area contributed by atoms with Crippen molar-refractivity contribution in [3.05, 3.63) is 0 Å². The first-order valence-electron chi connectivity index (χ1n) is 3.13. The molecule has 2 nitrogen and oxygen atoms in total. The number of hydrogen-bond donors (Lipinski definition) is 0. The Hall–Kier alpha value is 0.210. The highest BCUT2D eigenvalue weighted by atomic mass is 35.5. The summed E-state index contributed by atoms with van der Waals surface area (Å²) < 4.78 is 9.89. The SMILES string of the molecule is C1COCCO1.CCCl. The molecule has 1 heterocycles. The van der Waals surface area contributed by atoms with E-state index in [0.717, 1.165) is 32.3 Å². The van der Waals surface area contributed by atoms with Gasteiger partial charge in [0.2, 0.25) is 0 Å². The van der Waals surface area contributed by atoms with Gasteiger partial charge in [-0.2, -0.15) is 0 Å². The van der Waals surface area contributed by atoms with E-state index in [1.54, 1.807) is 0 Å². The lowest BCUT2D eigenvalue weighted by molar-refractivity contribution is -0.0334. The van der Waals surface area contributed by atoms with Crippen LogP contribution in [0.3, 0.4) is 0 Å². The Labute approximate surface area is 61.1 Å². The molecule has 1 rings (SSSR count). The molecule has 1 aliphatic rings. The van der Waals surface area contributed by atoms with Crippen molar-refractivity contribution in [2.24, 2.45) is 0 Å². The first-order valence-corrected chi connectivity index (χ1v) is 3.66. The van der Waals surface area contributed by atoms with Gasteiger partial charge in [-0.15, -0.1) is 11.6 Å². The van der Waals surface area contributed by atoms with Crippen molar-refractivity contribution in [1.29, 1.82) is 0 Å². The standard InChI is InChI=1S/C4H8O2.C2H5Cl/c1-2-6-4-3-5-1;1-2-3/h1-4H2;2H2,1H3. The molecular weight excluding hydrogens is 140 g/mol. The molecular formula is C6H13ClO2. The van der Waals surface area contributed by atoms with Crippen molar-refractivity contribution in [3.63, 3.8) is 0 Å². The highest BCUT2D eigenvalue weighted by Crippen LogP contribution is 1.85. The van der Waals surface area contributed by atoms with E-state index in [1.807, 2.05) is 6.92 Å². The molecule has 0 aliphatic carbocycles. The monoisotopic (exact) mass is 152 g/mol. The summed E-state index contributed by atoms with van der Waals surface area (Å²) in [6.07, 6.45) is 0. The quantitative estimate of drug-likeness (QED) is 0.487. The molecule has 1 aliphatic heterocycles. The molecule has 0 aromatic rings. The average Bonchev–Trinajstić information content (AvgIpc) is 1.93. The van der Waals surface area contributed by atoms with Crippen molar-refractivity contribution < 1.29 is 9.47 Å². The van der Waals surface area contributed by atoms with Gasteiger partial charge >= 0.3 is 0 Å². The van der Waals surface area contributed by atoms with E-state index in [9.17, 15) is 0 Å². The molecule has 0 saturated carbocycles. The summed E-state index contributed by atoms with van der Waals surface area (Å²) in [5, 5.41) is 0. The summed E-state index contributed by atoms with van der Waals surface area (Å²) in [6, 6.07) is 0. The third kappa shape index (κ3) is 8.21. The maximum Gasteiger partial charge on any atom is 0.0701 e.